The fourth-order valence-electron chi connectivity index (χ4n) is 2.09. The second-order valence-corrected chi connectivity index (χ2v) is 10.8. The van der Waals surface area contributed by atoms with Crippen LogP contribution in [-0.2, 0) is 0 Å². The fraction of sp³-hybridized carbons (Fsp3) is 0.0625. The summed E-state index contributed by atoms with van der Waals surface area (Å²) in [5.41, 5.74) is 3.42. The Morgan fingerprint density at radius 1 is 0.909 bits per heavy atom. The van der Waals surface area contributed by atoms with Crippen molar-refractivity contribution in [3.05, 3.63) is 70.2 Å². The average molecular weight is 363 g/mol. The van der Waals surface area contributed by atoms with Gasteiger partial charge < -0.3 is 0 Å². The van der Waals surface area contributed by atoms with Crippen molar-refractivity contribution in [2.75, 3.05) is 0 Å². The lowest BCUT2D eigenvalue weighted by Gasteiger charge is -2.05. The summed E-state index contributed by atoms with van der Waals surface area (Å²) in [6.45, 7) is 2.09. The fourth-order valence-corrected chi connectivity index (χ4v) is 8.14. The Bertz CT molecular complexity index is 854. The predicted molar refractivity (Wildman–Crippen MR) is 103 cm³/mol. The average Bonchev–Trinajstić information content (AvgIpc) is 3.07. The van der Waals surface area contributed by atoms with E-state index in [0.717, 1.165) is 25.8 Å². The normalized spacial score (nSPS) is 19.9. The first-order valence-electron chi connectivity index (χ1n) is 6.68. The quantitative estimate of drug-likeness (QED) is 0.519. The Morgan fingerprint density at radius 3 is 2.32 bits per heavy atom. The first kappa shape index (κ1) is 14.6. The molecule has 0 N–H and O–H groups in total. The van der Waals surface area contributed by atoms with E-state index in [1.54, 1.807) is 21.6 Å². The molecule has 0 spiro atoms. The molecule has 0 saturated heterocycles. The molecular formula is C16H11ClN2S3. The van der Waals surface area contributed by atoms with Crippen LogP contribution in [-0.4, -0.2) is 15.2 Å². The van der Waals surface area contributed by atoms with Gasteiger partial charge in [-0.05, 0) is 43.1 Å². The molecule has 2 aromatic rings. The van der Waals surface area contributed by atoms with Crippen LogP contribution in [0.5, 0.6) is 0 Å². The van der Waals surface area contributed by atoms with Crippen molar-refractivity contribution >= 4 is 56.9 Å². The lowest BCUT2D eigenvalue weighted by Crippen LogP contribution is -1.97. The van der Waals surface area contributed by atoms with Gasteiger partial charge in [-0.2, -0.15) is 0 Å². The molecule has 0 aliphatic carbocycles. The van der Waals surface area contributed by atoms with Crippen molar-refractivity contribution in [3.63, 3.8) is 0 Å². The molecule has 2 aromatic carbocycles. The number of nitrogens with zero attached hydrogens (tertiary/aromatic N) is 2. The topological polar surface area (TPSA) is 24.7 Å². The van der Waals surface area contributed by atoms with Gasteiger partial charge in [0.05, 0.1) is 5.02 Å². The summed E-state index contributed by atoms with van der Waals surface area (Å²) in [5.74, 6) is 0. The minimum Gasteiger partial charge on any atom is -0.214 e. The molecule has 1 unspecified atom stereocenters. The van der Waals surface area contributed by atoms with Gasteiger partial charge in [0.1, 0.15) is 10.1 Å². The molecule has 2 aliphatic heterocycles. The molecule has 6 heteroatoms. The van der Waals surface area contributed by atoms with Crippen molar-refractivity contribution in [2.45, 2.75) is 6.92 Å². The van der Waals surface area contributed by atoms with E-state index in [0.29, 0.717) is 0 Å². The van der Waals surface area contributed by atoms with E-state index in [1.165, 1.54) is 11.1 Å². The van der Waals surface area contributed by atoms with Gasteiger partial charge in [0, 0.05) is 11.1 Å². The minimum absolute atomic E-state index is 0.0587. The van der Waals surface area contributed by atoms with Crippen molar-refractivity contribution in [3.8, 4) is 0 Å². The number of benzene rings is 2. The van der Waals surface area contributed by atoms with E-state index in [9.17, 15) is 0 Å². The molecule has 0 saturated carbocycles. The molecule has 0 aromatic heterocycles. The van der Waals surface area contributed by atoms with Gasteiger partial charge in [-0.1, -0.05) is 59.6 Å². The van der Waals surface area contributed by atoms with Crippen LogP contribution in [0.25, 0.3) is 0 Å². The summed E-state index contributed by atoms with van der Waals surface area (Å²) < 4.78 is 0. The van der Waals surface area contributed by atoms with Gasteiger partial charge in [0.25, 0.3) is 0 Å². The highest BCUT2D eigenvalue weighted by Crippen LogP contribution is 2.55. The Hall–Kier alpha value is -1.01. The molecule has 1 atom stereocenters. The van der Waals surface area contributed by atoms with Crippen LogP contribution in [0, 0.1) is 6.92 Å². The maximum atomic E-state index is 6.26. The third-order valence-corrected chi connectivity index (χ3v) is 9.30. The van der Waals surface area contributed by atoms with Crippen molar-refractivity contribution in [1.29, 1.82) is 0 Å². The molecule has 0 amide bonds. The standard InChI is InChI=1S/C16H11ClN2S3/c1-10-6-8-11(9-7-10)14-18-16-19-15(21-22(16)20-14)12-4-2-3-5-13(12)17/h2-9H,1H3. The van der Waals surface area contributed by atoms with Gasteiger partial charge >= 0.3 is 0 Å². The van der Waals surface area contributed by atoms with E-state index < -0.39 is 0 Å². The Balaban J connectivity index is 1.62. The molecule has 2 nitrogen and oxygen atoms in total. The first-order valence-corrected chi connectivity index (χ1v) is 10.9. The number of hydrogen-bond acceptors (Lipinski definition) is 4. The number of halogens is 1. The first-order chi connectivity index (χ1) is 10.7. The zero-order valence-electron chi connectivity index (χ0n) is 11.6. The summed E-state index contributed by atoms with van der Waals surface area (Å²) in [4.78, 5) is 9.40. The highest BCUT2D eigenvalue weighted by Gasteiger charge is 2.28. The predicted octanol–water partition coefficient (Wildman–Crippen LogP) is 5.52. The van der Waals surface area contributed by atoms with Crippen LogP contribution in [0.2, 0.25) is 5.02 Å². The lowest BCUT2D eigenvalue weighted by atomic mass is 10.2. The Kier molecular flexibility index (Phi) is 3.90. The summed E-state index contributed by atoms with van der Waals surface area (Å²) in [6, 6.07) is 16.3. The van der Waals surface area contributed by atoms with Crippen LogP contribution >= 0.6 is 41.7 Å². The van der Waals surface area contributed by atoms with Crippen LogP contribution in [0.3, 0.4) is 0 Å². The summed E-state index contributed by atoms with van der Waals surface area (Å²) >= 11 is 6.26. The van der Waals surface area contributed by atoms with E-state index in [-0.39, 0.29) is 8.55 Å². The SMILES string of the molecule is Cc1ccc(C2=NC3=S(S2)SC(c2ccccc2Cl)=N3)cc1. The zero-order chi connectivity index (χ0) is 15.1. The minimum atomic E-state index is -0.0587. The van der Waals surface area contributed by atoms with Gasteiger partial charge in [-0.15, -0.1) is 0 Å². The van der Waals surface area contributed by atoms with Crippen molar-refractivity contribution in [1.82, 2.24) is 0 Å². The summed E-state index contributed by atoms with van der Waals surface area (Å²) in [7, 11) is 3.49. The monoisotopic (exact) mass is 362 g/mol. The third kappa shape index (κ3) is 2.67. The van der Waals surface area contributed by atoms with Gasteiger partial charge in [0.15, 0.2) is 0 Å². The van der Waals surface area contributed by atoms with Crippen LogP contribution in [0.4, 0.5) is 0 Å². The number of aliphatic imine (C=N–C) groups is 2. The smallest absolute Gasteiger partial charge is 0.200 e. The molecule has 22 heavy (non-hydrogen) atoms. The van der Waals surface area contributed by atoms with Crippen LogP contribution in [0.1, 0.15) is 16.7 Å². The number of aryl methyl sites for hydroxylation is 1. The van der Waals surface area contributed by atoms with Crippen LogP contribution < -0.4 is 0 Å². The second-order valence-electron chi connectivity index (χ2n) is 4.86. The van der Waals surface area contributed by atoms with Crippen molar-refractivity contribution < 1.29 is 0 Å². The summed E-state index contributed by atoms with van der Waals surface area (Å²) in [5, 5.41) is 3.70. The largest absolute Gasteiger partial charge is 0.214 e. The molecule has 0 radical (unpaired) electrons. The molecule has 2 aliphatic rings. The third-order valence-electron chi connectivity index (χ3n) is 3.26. The van der Waals surface area contributed by atoms with E-state index in [2.05, 4.69) is 31.2 Å². The highest BCUT2D eigenvalue weighted by molar-refractivity contribution is 9.21. The Morgan fingerprint density at radius 2 is 1.59 bits per heavy atom. The second kappa shape index (κ2) is 5.89. The number of hydrogen-bond donors (Lipinski definition) is 0. The molecular weight excluding hydrogens is 352 g/mol. The molecule has 2 heterocycles. The highest BCUT2D eigenvalue weighted by atomic mass is 35.5. The Labute approximate surface area is 143 Å². The number of rotatable bonds is 2. The van der Waals surface area contributed by atoms with Gasteiger partial charge in [0.2, 0.25) is 5.11 Å². The van der Waals surface area contributed by atoms with E-state index in [4.69, 9.17) is 21.6 Å². The van der Waals surface area contributed by atoms with E-state index in [1.807, 2.05) is 24.3 Å². The lowest BCUT2D eigenvalue weighted by molar-refractivity contribution is 1.46. The van der Waals surface area contributed by atoms with Crippen molar-refractivity contribution in [2.24, 2.45) is 9.98 Å². The van der Waals surface area contributed by atoms with Gasteiger partial charge in [-0.25, -0.2) is 9.98 Å². The maximum Gasteiger partial charge on any atom is 0.200 e. The summed E-state index contributed by atoms with van der Waals surface area (Å²) in [6.07, 6.45) is 0. The molecule has 110 valence electrons. The van der Waals surface area contributed by atoms with E-state index >= 15 is 0 Å². The molecule has 0 bridgehead atoms. The van der Waals surface area contributed by atoms with Crippen LogP contribution in [0.15, 0.2) is 58.5 Å². The zero-order valence-corrected chi connectivity index (χ0v) is 14.8. The van der Waals surface area contributed by atoms with Gasteiger partial charge in [-0.3, -0.25) is 0 Å². The molecule has 4 rings (SSSR count). The maximum absolute atomic E-state index is 6.26. The molecule has 0 fully saturated rings.